The molecule has 0 fully saturated rings. The first kappa shape index (κ1) is 17.4. The maximum atomic E-state index is 13.3. The fourth-order valence-electron chi connectivity index (χ4n) is 2.90. The molecule has 0 bridgehead atoms. The van der Waals surface area contributed by atoms with E-state index in [1.165, 1.54) is 23.9 Å². The van der Waals surface area contributed by atoms with Crippen LogP contribution in [0.1, 0.15) is 23.4 Å². The number of carboxylic acids is 1. The Kier molecular flexibility index (Phi) is 4.27. The van der Waals surface area contributed by atoms with Gasteiger partial charge in [-0.1, -0.05) is 23.9 Å². The monoisotopic (exact) mass is 386 g/mol. The van der Waals surface area contributed by atoms with Crippen molar-refractivity contribution in [3.05, 3.63) is 53.1 Å². The smallest absolute Gasteiger partial charge is 0.304 e. The Morgan fingerprint density at radius 2 is 2.00 bits per heavy atom. The van der Waals surface area contributed by atoms with E-state index in [1.54, 1.807) is 21.5 Å². The number of hydrogen-bond acceptors (Lipinski definition) is 6. The van der Waals surface area contributed by atoms with Gasteiger partial charge in [-0.2, -0.15) is 14.9 Å². The number of rotatable bonds is 4. The van der Waals surface area contributed by atoms with Crippen LogP contribution in [0.25, 0.3) is 5.95 Å². The Bertz CT molecular complexity index is 1060. The van der Waals surface area contributed by atoms with Crippen LogP contribution in [-0.2, 0) is 4.79 Å². The van der Waals surface area contributed by atoms with E-state index in [4.69, 9.17) is 0 Å². The molecular weight excluding hydrogens is 371 g/mol. The highest BCUT2D eigenvalue weighted by atomic mass is 32.2. The van der Waals surface area contributed by atoms with Crippen molar-refractivity contribution in [2.24, 2.45) is 5.10 Å². The van der Waals surface area contributed by atoms with Crippen LogP contribution in [0.4, 0.5) is 4.39 Å². The van der Waals surface area contributed by atoms with Crippen LogP contribution in [-0.4, -0.2) is 46.7 Å². The van der Waals surface area contributed by atoms with Gasteiger partial charge in [-0.25, -0.2) is 9.07 Å². The third kappa shape index (κ3) is 3.23. The minimum atomic E-state index is -0.950. The molecular formula is C17H15FN6O2S. The van der Waals surface area contributed by atoms with Crippen molar-refractivity contribution in [1.82, 2.24) is 24.7 Å². The molecule has 3 heterocycles. The number of hydrogen-bond donors (Lipinski definition) is 1. The van der Waals surface area contributed by atoms with Crippen molar-refractivity contribution in [2.75, 3.05) is 0 Å². The summed E-state index contributed by atoms with van der Waals surface area (Å²) in [6.45, 7) is 3.78. The van der Waals surface area contributed by atoms with Crippen LogP contribution in [0.5, 0.6) is 0 Å². The van der Waals surface area contributed by atoms with Crippen LogP contribution in [0.15, 0.2) is 40.6 Å². The summed E-state index contributed by atoms with van der Waals surface area (Å²) in [6, 6.07) is 7.73. The molecule has 10 heteroatoms. The molecule has 1 atom stereocenters. The molecule has 1 aliphatic rings. The van der Waals surface area contributed by atoms with E-state index in [1.807, 2.05) is 19.9 Å². The number of fused-ring (bicyclic) bond motifs is 1. The van der Waals surface area contributed by atoms with E-state index in [2.05, 4.69) is 20.4 Å². The van der Waals surface area contributed by atoms with Gasteiger partial charge in [-0.15, -0.1) is 10.2 Å². The summed E-state index contributed by atoms with van der Waals surface area (Å²) in [5.41, 5.74) is 2.88. The summed E-state index contributed by atoms with van der Waals surface area (Å²) in [4.78, 5) is 11.3. The van der Waals surface area contributed by atoms with E-state index in [0.717, 1.165) is 11.4 Å². The van der Waals surface area contributed by atoms with Gasteiger partial charge in [0.25, 0.3) is 5.95 Å². The highest BCUT2D eigenvalue weighted by Crippen LogP contribution is 2.33. The lowest BCUT2D eigenvalue weighted by atomic mass is 10.1. The lowest BCUT2D eigenvalue weighted by molar-refractivity contribution is -0.136. The van der Waals surface area contributed by atoms with Gasteiger partial charge in [0.05, 0.1) is 23.1 Å². The largest absolute Gasteiger partial charge is 0.481 e. The molecule has 2 aromatic heterocycles. The van der Waals surface area contributed by atoms with E-state index in [0.29, 0.717) is 22.4 Å². The molecule has 138 valence electrons. The summed E-state index contributed by atoms with van der Waals surface area (Å²) < 4.78 is 16.5. The topological polar surface area (TPSA) is 98.2 Å². The molecule has 4 rings (SSSR count). The van der Waals surface area contributed by atoms with E-state index in [-0.39, 0.29) is 12.2 Å². The molecule has 1 N–H and O–H groups in total. The van der Waals surface area contributed by atoms with Crippen LogP contribution < -0.4 is 0 Å². The van der Waals surface area contributed by atoms with E-state index >= 15 is 0 Å². The normalized spacial score (nSPS) is 16.1. The lowest BCUT2D eigenvalue weighted by Gasteiger charge is -2.22. The second-order valence-electron chi connectivity index (χ2n) is 6.13. The van der Waals surface area contributed by atoms with E-state index < -0.39 is 11.2 Å². The van der Waals surface area contributed by atoms with Gasteiger partial charge in [-0.3, -0.25) is 4.79 Å². The predicted molar refractivity (Wildman–Crippen MR) is 96.9 cm³/mol. The Morgan fingerprint density at radius 3 is 2.63 bits per heavy atom. The first-order chi connectivity index (χ1) is 12.9. The van der Waals surface area contributed by atoms with Crippen molar-refractivity contribution >= 4 is 23.4 Å². The number of thioether (sulfide) groups is 1. The van der Waals surface area contributed by atoms with Crippen molar-refractivity contribution in [3.63, 3.8) is 0 Å². The number of nitrogens with zero attached hydrogens (tertiary/aromatic N) is 6. The molecule has 1 aliphatic heterocycles. The fraction of sp³-hybridized carbons (Fsp3) is 0.235. The molecule has 0 aliphatic carbocycles. The van der Waals surface area contributed by atoms with Gasteiger partial charge in [0.1, 0.15) is 5.82 Å². The highest BCUT2D eigenvalue weighted by molar-refractivity contribution is 8.00. The van der Waals surface area contributed by atoms with Gasteiger partial charge >= 0.3 is 5.97 Å². The lowest BCUT2D eigenvalue weighted by Crippen LogP contribution is -2.27. The van der Waals surface area contributed by atoms with Gasteiger partial charge in [-0.05, 0) is 37.6 Å². The third-order valence-corrected chi connectivity index (χ3v) is 5.19. The molecule has 3 aromatic rings. The SMILES string of the molecule is Cc1cc(C)n(-c2nnc3n2N=C(c2ccc(F)cc2)[C@H](CC(=O)O)S3)n1. The van der Waals surface area contributed by atoms with Crippen molar-refractivity contribution in [2.45, 2.75) is 30.7 Å². The summed E-state index contributed by atoms with van der Waals surface area (Å²) in [7, 11) is 0. The summed E-state index contributed by atoms with van der Waals surface area (Å²) in [6.07, 6.45) is -0.136. The first-order valence-electron chi connectivity index (χ1n) is 8.14. The standard InChI is InChI=1S/C17H15FN6O2S/c1-9-7-10(2)23(21-9)16-19-20-17-24(16)22-15(13(27-17)8-14(25)26)11-3-5-12(18)6-4-11/h3-7,13H,8H2,1-2H3,(H,25,26)/t13-/m0/s1. The van der Waals surface area contributed by atoms with Crippen molar-refractivity contribution < 1.29 is 14.3 Å². The zero-order valence-corrected chi connectivity index (χ0v) is 15.3. The first-order valence-corrected chi connectivity index (χ1v) is 9.02. The van der Waals surface area contributed by atoms with Gasteiger partial charge in [0, 0.05) is 5.69 Å². The number of aryl methyl sites for hydroxylation is 2. The second kappa shape index (κ2) is 6.62. The van der Waals surface area contributed by atoms with Crippen LogP contribution in [0.2, 0.25) is 0 Å². The summed E-state index contributed by atoms with van der Waals surface area (Å²) >= 11 is 1.26. The zero-order chi connectivity index (χ0) is 19.1. The third-order valence-electron chi connectivity index (χ3n) is 4.06. The zero-order valence-electron chi connectivity index (χ0n) is 14.5. The van der Waals surface area contributed by atoms with Gasteiger partial charge in [0.2, 0.25) is 5.16 Å². The molecule has 1 aromatic carbocycles. The van der Waals surface area contributed by atoms with Crippen LogP contribution >= 0.6 is 11.8 Å². The quantitative estimate of drug-likeness (QED) is 0.739. The minimum absolute atomic E-state index is 0.136. The molecule has 8 nitrogen and oxygen atoms in total. The summed E-state index contributed by atoms with van der Waals surface area (Å²) in [5.74, 6) is -0.906. The number of carboxylic acid groups (broad SMARTS) is 1. The minimum Gasteiger partial charge on any atom is -0.481 e. The Balaban J connectivity index is 1.84. The Labute approximate surface area is 157 Å². The second-order valence-corrected chi connectivity index (χ2v) is 7.30. The molecule has 0 unspecified atom stereocenters. The number of benzene rings is 1. The number of halogens is 1. The molecule has 0 spiro atoms. The Morgan fingerprint density at radius 1 is 1.26 bits per heavy atom. The average molecular weight is 386 g/mol. The molecule has 27 heavy (non-hydrogen) atoms. The highest BCUT2D eigenvalue weighted by Gasteiger charge is 2.31. The average Bonchev–Trinajstić information content (AvgIpc) is 3.16. The van der Waals surface area contributed by atoms with Crippen LogP contribution in [0, 0.1) is 19.7 Å². The maximum absolute atomic E-state index is 13.3. The van der Waals surface area contributed by atoms with Crippen molar-refractivity contribution in [1.29, 1.82) is 0 Å². The van der Waals surface area contributed by atoms with Gasteiger partial charge < -0.3 is 5.11 Å². The van der Waals surface area contributed by atoms with Crippen molar-refractivity contribution in [3.8, 4) is 5.95 Å². The van der Waals surface area contributed by atoms with Crippen LogP contribution in [0.3, 0.4) is 0 Å². The molecule has 0 amide bonds. The maximum Gasteiger partial charge on any atom is 0.304 e. The number of aliphatic carboxylic acids is 1. The fourth-order valence-corrected chi connectivity index (χ4v) is 3.98. The molecule has 0 radical (unpaired) electrons. The Hall–Kier alpha value is -3.01. The molecule has 0 saturated carbocycles. The predicted octanol–water partition coefficient (Wildman–Crippen LogP) is 2.42. The number of carbonyl (C=O) groups is 1. The number of aromatic nitrogens is 5. The van der Waals surface area contributed by atoms with E-state index in [9.17, 15) is 14.3 Å². The summed E-state index contributed by atoms with van der Waals surface area (Å²) in [5, 5.41) is 26.6. The van der Waals surface area contributed by atoms with Gasteiger partial charge in [0.15, 0.2) is 0 Å². The molecule has 0 saturated heterocycles.